The lowest BCUT2D eigenvalue weighted by atomic mass is 10.1. The van der Waals surface area contributed by atoms with Gasteiger partial charge in [-0.05, 0) is 43.4 Å². The van der Waals surface area contributed by atoms with Gasteiger partial charge in [0, 0.05) is 13.1 Å². The van der Waals surface area contributed by atoms with Crippen LogP contribution in [0, 0.1) is 13.8 Å². The molecule has 0 unspecified atom stereocenters. The maximum Gasteiger partial charge on any atom is 0.260 e. The smallest absolute Gasteiger partial charge is 0.260 e. The second-order valence-electron chi connectivity index (χ2n) is 5.09. The van der Waals surface area contributed by atoms with Gasteiger partial charge in [0.2, 0.25) is 0 Å². The summed E-state index contributed by atoms with van der Waals surface area (Å²) in [6.07, 6.45) is 2.18. The van der Waals surface area contributed by atoms with E-state index in [1.165, 1.54) is 0 Å². The van der Waals surface area contributed by atoms with E-state index in [-0.39, 0.29) is 19.1 Å². The van der Waals surface area contributed by atoms with Crippen molar-refractivity contribution in [2.24, 2.45) is 0 Å². The van der Waals surface area contributed by atoms with Gasteiger partial charge in [-0.3, -0.25) is 4.79 Å². The quantitative estimate of drug-likeness (QED) is 0.901. The molecule has 4 heteroatoms. The minimum Gasteiger partial charge on any atom is -0.483 e. The van der Waals surface area contributed by atoms with E-state index < -0.39 is 0 Å². The molecule has 1 aliphatic rings. The maximum absolute atomic E-state index is 11.9. The van der Waals surface area contributed by atoms with Gasteiger partial charge in [0.1, 0.15) is 5.75 Å². The zero-order valence-corrected chi connectivity index (χ0v) is 11.6. The molecular weight excluding hydrogens is 242 g/mol. The zero-order chi connectivity index (χ0) is 13.8. The van der Waals surface area contributed by atoms with Crippen LogP contribution in [0.5, 0.6) is 5.75 Å². The van der Waals surface area contributed by atoms with Gasteiger partial charge in [0.05, 0.1) is 6.61 Å². The van der Waals surface area contributed by atoms with Gasteiger partial charge in [-0.15, -0.1) is 0 Å². The number of likely N-dealkylation sites (tertiary alicyclic amines) is 1. The van der Waals surface area contributed by atoms with Gasteiger partial charge in [-0.2, -0.15) is 0 Å². The van der Waals surface area contributed by atoms with Crippen molar-refractivity contribution in [3.8, 4) is 5.75 Å². The zero-order valence-electron chi connectivity index (χ0n) is 11.6. The first-order valence-corrected chi connectivity index (χ1v) is 6.73. The Hall–Kier alpha value is -1.55. The predicted molar refractivity (Wildman–Crippen MR) is 73.1 cm³/mol. The van der Waals surface area contributed by atoms with Crippen LogP contribution in [0.3, 0.4) is 0 Å². The lowest BCUT2D eigenvalue weighted by molar-refractivity contribution is -0.132. The van der Waals surface area contributed by atoms with Crippen molar-refractivity contribution >= 4 is 5.91 Å². The van der Waals surface area contributed by atoms with Crippen molar-refractivity contribution in [1.29, 1.82) is 0 Å². The van der Waals surface area contributed by atoms with Crippen LogP contribution in [0.15, 0.2) is 12.1 Å². The Labute approximate surface area is 114 Å². The van der Waals surface area contributed by atoms with Gasteiger partial charge < -0.3 is 14.7 Å². The summed E-state index contributed by atoms with van der Waals surface area (Å²) in [7, 11) is 0. The van der Waals surface area contributed by atoms with Crippen LogP contribution in [0.1, 0.15) is 29.5 Å². The summed E-state index contributed by atoms with van der Waals surface area (Å²) in [6.45, 7) is 5.69. The average molecular weight is 263 g/mol. The summed E-state index contributed by atoms with van der Waals surface area (Å²) in [5.41, 5.74) is 2.78. The molecule has 1 fully saturated rings. The van der Waals surface area contributed by atoms with E-state index in [1.807, 2.05) is 30.9 Å². The molecule has 1 aromatic carbocycles. The van der Waals surface area contributed by atoms with Crippen LogP contribution >= 0.6 is 0 Å². The second-order valence-corrected chi connectivity index (χ2v) is 5.09. The molecule has 0 bridgehead atoms. The molecule has 0 aliphatic carbocycles. The Morgan fingerprint density at radius 3 is 2.37 bits per heavy atom. The topological polar surface area (TPSA) is 49.8 Å². The number of hydrogen-bond donors (Lipinski definition) is 1. The molecule has 2 rings (SSSR count). The van der Waals surface area contributed by atoms with Gasteiger partial charge in [-0.1, -0.05) is 12.1 Å². The number of rotatable bonds is 4. The molecule has 0 atom stereocenters. The molecule has 1 aliphatic heterocycles. The van der Waals surface area contributed by atoms with Crippen molar-refractivity contribution in [3.63, 3.8) is 0 Å². The lowest BCUT2D eigenvalue weighted by Crippen LogP contribution is -2.32. The van der Waals surface area contributed by atoms with Crippen molar-refractivity contribution < 1.29 is 14.6 Å². The number of aryl methyl sites for hydroxylation is 2. The molecule has 4 nitrogen and oxygen atoms in total. The molecule has 0 spiro atoms. The fraction of sp³-hybridized carbons (Fsp3) is 0.533. The Morgan fingerprint density at radius 2 is 1.84 bits per heavy atom. The number of benzene rings is 1. The number of aliphatic hydroxyl groups excluding tert-OH is 1. The van der Waals surface area contributed by atoms with Gasteiger partial charge in [0.15, 0.2) is 6.61 Å². The molecule has 19 heavy (non-hydrogen) atoms. The molecule has 1 aromatic rings. The Bertz CT molecular complexity index is 441. The van der Waals surface area contributed by atoms with Crippen molar-refractivity contribution in [2.75, 3.05) is 19.7 Å². The predicted octanol–water partition coefficient (Wildman–Crippen LogP) is 1.80. The van der Waals surface area contributed by atoms with Gasteiger partial charge in [0.25, 0.3) is 5.91 Å². The number of hydrogen-bond acceptors (Lipinski definition) is 3. The summed E-state index contributed by atoms with van der Waals surface area (Å²) in [5, 5.41) is 9.14. The van der Waals surface area contributed by atoms with E-state index in [1.54, 1.807) is 0 Å². The highest BCUT2D eigenvalue weighted by Gasteiger charge is 2.18. The number of ether oxygens (including phenoxy) is 1. The number of carbonyl (C=O) groups excluding carboxylic acids is 1. The van der Waals surface area contributed by atoms with Crippen LogP contribution in [0.4, 0.5) is 0 Å². The number of nitrogens with zero attached hydrogens (tertiary/aromatic N) is 1. The molecule has 0 saturated carbocycles. The molecule has 0 aromatic heterocycles. The third kappa shape index (κ3) is 3.26. The summed E-state index contributed by atoms with van der Waals surface area (Å²) >= 11 is 0. The van der Waals surface area contributed by atoms with Crippen LogP contribution in [-0.4, -0.2) is 35.6 Å². The standard InChI is InChI=1S/C15H21NO3/c1-11-7-13(9-17)8-12(2)15(11)19-10-14(18)16-5-3-4-6-16/h7-8,17H,3-6,9-10H2,1-2H3. The molecule has 1 N–H and O–H groups in total. The van der Waals surface area contributed by atoms with Gasteiger partial charge >= 0.3 is 0 Å². The normalized spacial score (nSPS) is 14.8. The SMILES string of the molecule is Cc1cc(CO)cc(C)c1OCC(=O)N1CCCC1. The minimum absolute atomic E-state index is 0.0225. The molecular formula is C15H21NO3. The highest BCUT2D eigenvalue weighted by Crippen LogP contribution is 2.25. The van der Waals surface area contributed by atoms with Crippen LogP contribution in [0.2, 0.25) is 0 Å². The fourth-order valence-corrected chi connectivity index (χ4v) is 2.55. The van der Waals surface area contributed by atoms with Gasteiger partial charge in [-0.25, -0.2) is 0 Å². The molecule has 0 radical (unpaired) electrons. The first-order valence-electron chi connectivity index (χ1n) is 6.73. The minimum atomic E-state index is 0.0225. The highest BCUT2D eigenvalue weighted by atomic mass is 16.5. The second kappa shape index (κ2) is 6.06. The van der Waals surface area contributed by atoms with Crippen LogP contribution in [-0.2, 0) is 11.4 Å². The largest absolute Gasteiger partial charge is 0.483 e. The van der Waals surface area contributed by atoms with Crippen LogP contribution in [0.25, 0.3) is 0 Å². The molecule has 1 amide bonds. The molecule has 1 saturated heterocycles. The van der Waals surface area contributed by atoms with E-state index in [0.717, 1.165) is 48.4 Å². The first-order chi connectivity index (χ1) is 9.11. The maximum atomic E-state index is 11.9. The summed E-state index contributed by atoms with van der Waals surface area (Å²) in [6, 6.07) is 3.78. The summed E-state index contributed by atoms with van der Waals surface area (Å²) in [5.74, 6) is 0.812. The Kier molecular flexibility index (Phi) is 4.43. The first kappa shape index (κ1) is 13.9. The molecule has 1 heterocycles. The average Bonchev–Trinajstić information content (AvgIpc) is 2.91. The number of carbonyl (C=O) groups is 1. The third-order valence-corrected chi connectivity index (χ3v) is 3.50. The van der Waals surface area contributed by atoms with Crippen molar-refractivity contribution in [3.05, 3.63) is 28.8 Å². The highest BCUT2D eigenvalue weighted by molar-refractivity contribution is 5.78. The summed E-state index contributed by atoms with van der Waals surface area (Å²) < 4.78 is 5.67. The van der Waals surface area contributed by atoms with Crippen molar-refractivity contribution in [1.82, 2.24) is 4.90 Å². The third-order valence-electron chi connectivity index (χ3n) is 3.50. The summed E-state index contributed by atoms with van der Waals surface area (Å²) in [4.78, 5) is 13.8. The van der Waals surface area contributed by atoms with E-state index in [0.29, 0.717) is 0 Å². The van der Waals surface area contributed by atoms with Crippen molar-refractivity contribution in [2.45, 2.75) is 33.3 Å². The van der Waals surface area contributed by atoms with E-state index in [2.05, 4.69) is 0 Å². The van der Waals surface area contributed by atoms with E-state index in [9.17, 15) is 4.79 Å². The fourth-order valence-electron chi connectivity index (χ4n) is 2.55. The van der Waals surface area contributed by atoms with E-state index in [4.69, 9.17) is 9.84 Å². The lowest BCUT2D eigenvalue weighted by Gasteiger charge is -2.17. The Balaban J connectivity index is 2.01. The Morgan fingerprint density at radius 1 is 1.26 bits per heavy atom. The monoisotopic (exact) mass is 263 g/mol. The molecule has 104 valence electrons. The number of amides is 1. The van der Waals surface area contributed by atoms with E-state index >= 15 is 0 Å². The number of aliphatic hydroxyl groups is 1. The van der Waals surface area contributed by atoms with Crippen LogP contribution < -0.4 is 4.74 Å².